The van der Waals surface area contributed by atoms with Gasteiger partial charge in [-0.05, 0) is 43.5 Å². The molecular formula is C14H20Cl2N2O2. The van der Waals surface area contributed by atoms with Crippen LogP contribution in [0.25, 0.3) is 0 Å². The molecule has 0 spiro atoms. The molecule has 1 aromatic rings. The first-order chi connectivity index (χ1) is 9.19. The molecular weight excluding hydrogens is 299 g/mol. The third-order valence-electron chi connectivity index (χ3n) is 3.46. The molecule has 6 heteroatoms. The molecule has 1 amide bonds. The van der Waals surface area contributed by atoms with Crippen LogP contribution in [0.15, 0.2) is 24.3 Å². The molecule has 112 valence electrons. The molecule has 0 aliphatic carbocycles. The number of likely N-dealkylation sites (tertiary alicyclic amines) is 1. The summed E-state index contributed by atoms with van der Waals surface area (Å²) in [6.45, 7) is 2.33. The number of nitrogens with zero attached hydrogens (tertiary/aromatic N) is 1. The minimum Gasteiger partial charge on any atom is -0.484 e. The molecule has 1 aliphatic heterocycles. The normalized spacial score (nSPS) is 15.6. The van der Waals surface area contributed by atoms with Gasteiger partial charge in [-0.1, -0.05) is 17.7 Å². The molecule has 0 aromatic heterocycles. The molecule has 0 atom stereocenters. The van der Waals surface area contributed by atoms with Crippen LogP contribution in [0.2, 0.25) is 5.02 Å². The van der Waals surface area contributed by atoms with Crippen molar-refractivity contribution < 1.29 is 9.53 Å². The zero-order chi connectivity index (χ0) is 13.7. The summed E-state index contributed by atoms with van der Waals surface area (Å²) in [7, 11) is 0. The number of halogens is 2. The molecule has 0 bridgehead atoms. The van der Waals surface area contributed by atoms with E-state index in [1.807, 2.05) is 4.90 Å². The number of carbonyl (C=O) groups excluding carboxylic acids is 1. The maximum atomic E-state index is 12.0. The van der Waals surface area contributed by atoms with E-state index in [-0.39, 0.29) is 24.9 Å². The zero-order valence-electron chi connectivity index (χ0n) is 11.3. The van der Waals surface area contributed by atoms with Crippen molar-refractivity contribution in [3.8, 4) is 5.75 Å². The van der Waals surface area contributed by atoms with Gasteiger partial charge in [0.05, 0.1) is 0 Å². The quantitative estimate of drug-likeness (QED) is 0.927. The number of rotatable bonds is 4. The minimum atomic E-state index is 0. The van der Waals surface area contributed by atoms with E-state index in [4.69, 9.17) is 22.1 Å². The van der Waals surface area contributed by atoms with Crippen LogP contribution >= 0.6 is 24.0 Å². The van der Waals surface area contributed by atoms with Gasteiger partial charge in [0.25, 0.3) is 5.91 Å². The van der Waals surface area contributed by atoms with Crippen molar-refractivity contribution in [2.75, 3.05) is 26.2 Å². The first-order valence-electron chi connectivity index (χ1n) is 6.55. The summed E-state index contributed by atoms with van der Waals surface area (Å²) < 4.78 is 5.45. The highest BCUT2D eigenvalue weighted by atomic mass is 35.5. The lowest BCUT2D eigenvalue weighted by atomic mass is 9.97. The lowest BCUT2D eigenvalue weighted by molar-refractivity contribution is -0.134. The Morgan fingerprint density at radius 3 is 2.70 bits per heavy atom. The second-order valence-corrected chi connectivity index (χ2v) is 5.24. The van der Waals surface area contributed by atoms with Crippen molar-refractivity contribution in [1.82, 2.24) is 4.90 Å². The molecule has 2 N–H and O–H groups in total. The van der Waals surface area contributed by atoms with E-state index in [9.17, 15) is 4.79 Å². The van der Waals surface area contributed by atoms with Gasteiger partial charge in [-0.25, -0.2) is 0 Å². The van der Waals surface area contributed by atoms with Crippen molar-refractivity contribution in [2.24, 2.45) is 11.7 Å². The van der Waals surface area contributed by atoms with E-state index >= 15 is 0 Å². The second kappa shape index (κ2) is 8.35. The van der Waals surface area contributed by atoms with Crippen LogP contribution < -0.4 is 10.5 Å². The Bertz CT molecular complexity index is 435. The largest absolute Gasteiger partial charge is 0.484 e. The maximum absolute atomic E-state index is 12.0. The monoisotopic (exact) mass is 318 g/mol. The number of carbonyl (C=O) groups is 1. The lowest BCUT2D eigenvalue weighted by Gasteiger charge is -2.31. The van der Waals surface area contributed by atoms with Gasteiger partial charge in [-0.2, -0.15) is 0 Å². The summed E-state index contributed by atoms with van der Waals surface area (Å²) in [4.78, 5) is 13.8. The Morgan fingerprint density at radius 2 is 2.10 bits per heavy atom. The van der Waals surface area contributed by atoms with Gasteiger partial charge in [0.2, 0.25) is 0 Å². The fourth-order valence-corrected chi connectivity index (χ4v) is 2.39. The van der Waals surface area contributed by atoms with Crippen LogP contribution in [0.1, 0.15) is 12.8 Å². The predicted molar refractivity (Wildman–Crippen MR) is 82.6 cm³/mol. The third kappa shape index (κ3) is 4.85. The van der Waals surface area contributed by atoms with Crippen LogP contribution in [0.3, 0.4) is 0 Å². The Kier molecular flexibility index (Phi) is 7.13. The number of nitrogens with two attached hydrogens (primary N) is 1. The zero-order valence-corrected chi connectivity index (χ0v) is 12.8. The number of hydrogen-bond donors (Lipinski definition) is 1. The summed E-state index contributed by atoms with van der Waals surface area (Å²) in [5, 5.41) is 0.605. The van der Waals surface area contributed by atoms with Crippen molar-refractivity contribution in [2.45, 2.75) is 12.8 Å². The summed E-state index contributed by atoms with van der Waals surface area (Å²) in [6, 6.07) is 7.07. The molecule has 0 unspecified atom stereocenters. The maximum Gasteiger partial charge on any atom is 0.260 e. The van der Waals surface area contributed by atoms with Crippen LogP contribution in [0.5, 0.6) is 5.75 Å². The Hall–Kier alpha value is -0.970. The molecule has 0 radical (unpaired) electrons. The lowest BCUT2D eigenvalue weighted by Crippen LogP contribution is -2.42. The highest BCUT2D eigenvalue weighted by Crippen LogP contribution is 2.18. The topological polar surface area (TPSA) is 55.6 Å². The summed E-state index contributed by atoms with van der Waals surface area (Å²) in [5.41, 5.74) is 5.63. The van der Waals surface area contributed by atoms with E-state index in [1.165, 1.54) is 0 Å². The molecule has 1 aliphatic rings. The molecule has 20 heavy (non-hydrogen) atoms. The minimum absolute atomic E-state index is 0. The van der Waals surface area contributed by atoms with Crippen LogP contribution in [-0.4, -0.2) is 37.0 Å². The molecule has 1 fully saturated rings. The Balaban J connectivity index is 0.00000200. The highest BCUT2D eigenvalue weighted by Gasteiger charge is 2.21. The van der Waals surface area contributed by atoms with Gasteiger partial charge in [0.15, 0.2) is 6.61 Å². The number of ether oxygens (including phenoxy) is 1. The summed E-state index contributed by atoms with van der Waals surface area (Å²) in [6.07, 6.45) is 1.97. The number of benzene rings is 1. The second-order valence-electron chi connectivity index (χ2n) is 4.81. The first-order valence-corrected chi connectivity index (χ1v) is 6.93. The van der Waals surface area contributed by atoms with E-state index in [2.05, 4.69) is 0 Å². The smallest absolute Gasteiger partial charge is 0.260 e. The predicted octanol–water partition coefficient (Wildman–Crippen LogP) is 2.34. The number of amides is 1. The van der Waals surface area contributed by atoms with E-state index < -0.39 is 0 Å². The Labute approximate surface area is 130 Å². The average Bonchev–Trinajstić information content (AvgIpc) is 2.45. The SMILES string of the molecule is Cl.NCC1CCN(C(=O)COc2cccc(Cl)c2)CC1. The first kappa shape index (κ1) is 17.1. The van der Waals surface area contributed by atoms with E-state index in [0.717, 1.165) is 25.9 Å². The van der Waals surface area contributed by atoms with Gasteiger partial charge >= 0.3 is 0 Å². The molecule has 1 saturated heterocycles. The summed E-state index contributed by atoms with van der Waals surface area (Å²) >= 11 is 5.85. The Morgan fingerprint density at radius 1 is 1.40 bits per heavy atom. The molecule has 1 heterocycles. The fourth-order valence-electron chi connectivity index (χ4n) is 2.21. The van der Waals surface area contributed by atoms with Crippen molar-refractivity contribution >= 4 is 29.9 Å². The van der Waals surface area contributed by atoms with Gasteiger partial charge in [0, 0.05) is 18.1 Å². The standard InChI is InChI=1S/C14H19ClN2O2.ClH/c15-12-2-1-3-13(8-12)19-10-14(18)17-6-4-11(9-16)5-7-17;/h1-3,8,11H,4-7,9-10,16H2;1H. The fraction of sp³-hybridized carbons (Fsp3) is 0.500. The molecule has 2 rings (SSSR count). The van der Waals surface area contributed by atoms with Crippen LogP contribution in [0, 0.1) is 5.92 Å². The van der Waals surface area contributed by atoms with Gasteiger partial charge in [-0.15, -0.1) is 12.4 Å². The summed E-state index contributed by atoms with van der Waals surface area (Å²) in [5.74, 6) is 1.20. The van der Waals surface area contributed by atoms with E-state index in [0.29, 0.717) is 23.2 Å². The van der Waals surface area contributed by atoms with Gasteiger partial charge in [-0.3, -0.25) is 4.79 Å². The molecule has 4 nitrogen and oxygen atoms in total. The molecule has 0 saturated carbocycles. The van der Waals surface area contributed by atoms with Crippen LogP contribution in [-0.2, 0) is 4.79 Å². The highest BCUT2D eigenvalue weighted by molar-refractivity contribution is 6.30. The van der Waals surface area contributed by atoms with Gasteiger partial charge in [0.1, 0.15) is 5.75 Å². The van der Waals surface area contributed by atoms with Gasteiger partial charge < -0.3 is 15.4 Å². The average molecular weight is 319 g/mol. The third-order valence-corrected chi connectivity index (χ3v) is 3.69. The van der Waals surface area contributed by atoms with E-state index in [1.54, 1.807) is 24.3 Å². The molecule has 1 aromatic carbocycles. The number of hydrogen-bond acceptors (Lipinski definition) is 3. The van der Waals surface area contributed by atoms with Crippen molar-refractivity contribution in [1.29, 1.82) is 0 Å². The number of piperidine rings is 1. The van der Waals surface area contributed by atoms with Crippen molar-refractivity contribution in [3.63, 3.8) is 0 Å². The van der Waals surface area contributed by atoms with Crippen molar-refractivity contribution in [3.05, 3.63) is 29.3 Å². The van der Waals surface area contributed by atoms with Crippen LogP contribution in [0.4, 0.5) is 0 Å².